The van der Waals surface area contributed by atoms with Gasteiger partial charge in [-0.3, -0.25) is 0 Å². The third-order valence-electron chi connectivity index (χ3n) is 2.62. The minimum Gasteiger partial charge on any atom is -0.317 e. The lowest BCUT2D eigenvalue weighted by molar-refractivity contribution is 0.572. The molecule has 0 aromatic heterocycles. The van der Waals surface area contributed by atoms with Crippen molar-refractivity contribution in [3.63, 3.8) is 0 Å². The molecule has 0 fully saturated rings. The van der Waals surface area contributed by atoms with Gasteiger partial charge in [-0.2, -0.15) is 0 Å². The Labute approximate surface area is 108 Å². The third-order valence-corrected chi connectivity index (χ3v) is 2.62. The van der Waals surface area contributed by atoms with Crippen LogP contribution in [0.1, 0.15) is 47.0 Å². The summed E-state index contributed by atoms with van der Waals surface area (Å²) in [7, 11) is 0. The van der Waals surface area contributed by atoms with E-state index in [-0.39, 0.29) is 0 Å². The lowest BCUT2D eigenvalue weighted by Gasteiger charge is -2.07. The molecule has 1 unspecified atom stereocenters. The SMILES string of the molecule is C\C=C/C(/C=C\C(C)CCNCCC)=C\CC. The zero-order valence-electron chi connectivity index (χ0n) is 12.0. The average Bonchev–Trinajstić information content (AvgIpc) is 2.32. The first-order valence-electron chi connectivity index (χ1n) is 6.96. The smallest absolute Gasteiger partial charge is 0.00434 e. The Bertz CT molecular complexity index is 248. The normalized spacial score (nSPS) is 14.9. The maximum atomic E-state index is 3.44. The van der Waals surface area contributed by atoms with Crippen LogP contribution in [-0.2, 0) is 0 Å². The molecule has 0 saturated heterocycles. The van der Waals surface area contributed by atoms with Crippen LogP contribution in [0.3, 0.4) is 0 Å². The molecule has 1 nitrogen and oxygen atoms in total. The number of rotatable bonds is 9. The molecule has 0 bridgehead atoms. The van der Waals surface area contributed by atoms with Gasteiger partial charge in [-0.05, 0) is 50.8 Å². The molecule has 1 N–H and O–H groups in total. The molecular formula is C16H29N. The van der Waals surface area contributed by atoms with E-state index in [9.17, 15) is 0 Å². The van der Waals surface area contributed by atoms with Gasteiger partial charge < -0.3 is 5.32 Å². The van der Waals surface area contributed by atoms with Crippen LogP contribution in [0.25, 0.3) is 0 Å². The number of hydrogen-bond donors (Lipinski definition) is 1. The van der Waals surface area contributed by atoms with Crippen LogP contribution >= 0.6 is 0 Å². The van der Waals surface area contributed by atoms with E-state index in [2.05, 4.69) is 63.4 Å². The van der Waals surface area contributed by atoms with Gasteiger partial charge in [0.05, 0.1) is 0 Å². The van der Waals surface area contributed by atoms with Crippen LogP contribution in [0.2, 0.25) is 0 Å². The average molecular weight is 235 g/mol. The van der Waals surface area contributed by atoms with Gasteiger partial charge in [0.15, 0.2) is 0 Å². The third kappa shape index (κ3) is 10.1. The molecule has 17 heavy (non-hydrogen) atoms. The Morgan fingerprint density at radius 1 is 1.18 bits per heavy atom. The Morgan fingerprint density at radius 2 is 1.94 bits per heavy atom. The van der Waals surface area contributed by atoms with Crippen LogP contribution in [0.4, 0.5) is 0 Å². The van der Waals surface area contributed by atoms with Gasteiger partial charge in [-0.25, -0.2) is 0 Å². The molecule has 0 saturated carbocycles. The first-order valence-corrected chi connectivity index (χ1v) is 6.96. The van der Waals surface area contributed by atoms with E-state index in [1.54, 1.807) is 0 Å². The van der Waals surface area contributed by atoms with Crippen molar-refractivity contribution in [3.8, 4) is 0 Å². The lowest BCUT2D eigenvalue weighted by atomic mass is 10.1. The Hall–Kier alpha value is -0.820. The second-order valence-electron chi connectivity index (χ2n) is 4.49. The topological polar surface area (TPSA) is 12.0 Å². The van der Waals surface area contributed by atoms with Crippen molar-refractivity contribution in [1.29, 1.82) is 0 Å². The quantitative estimate of drug-likeness (QED) is 0.459. The van der Waals surface area contributed by atoms with Crippen LogP contribution in [0.5, 0.6) is 0 Å². The minimum atomic E-state index is 0.643. The Kier molecular flexibility index (Phi) is 11.1. The van der Waals surface area contributed by atoms with E-state index in [1.807, 2.05) is 0 Å². The molecule has 0 aromatic rings. The monoisotopic (exact) mass is 235 g/mol. The number of hydrogen-bond acceptors (Lipinski definition) is 1. The fourth-order valence-electron chi connectivity index (χ4n) is 1.62. The van der Waals surface area contributed by atoms with E-state index in [1.165, 1.54) is 18.4 Å². The van der Waals surface area contributed by atoms with Crippen molar-refractivity contribution in [2.24, 2.45) is 5.92 Å². The molecule has 0 heterocycles. The van der Waals surface area contributed by atoms with Crippen LogP contribution < -0.4 is 5.32 Å². The summed E-state index contributed by atoms with van der Waals surface area (Å²) >= 11 is 0. The van der Waals surface area contributed by atoms with E-state index < -0.39 is 0 Å². The highest BCUT2D eigenvalue weighted by molar-refractivity contribution is 5.30. The second-order valence-corrected chi connectivity index (χ2v) is 4.49. The summed E-state index contributed by atoms with van der Waals surface area (Å²) in [5, 5.41) is 3.44. The van der Waals surface area contributed by atoms with Crippen LogP contribution in [0, 0.1) is 5.92 Å². The zero-order valence-corrected chi connectivity index (χ0v) is 12.0. The summed E-state index contributed by atoms with van der Waals surface area (Å²) < 4.78 is 0. The number of nitrogens with one attached hydrogen (secondary N) is 1. The second kappa shape index (κ2) is 11.7. The molecule has 0 aromatic carbocycles. The molecule has 0 aliphatic heterocycles. The molecule has 0 amide bonds. The molecule has 1 heteroatoms. The van der Waals surface area contributed by atoms with Crippen molar-refractivity contribution in [3.05, 3.63) is 36.0 Å². The maximum Gasteiger partial charge on any atom is -0.00434 e. The van der Waals surface area contributed by atoms with Gasteiger partial charge in [0.25, 0.3) is 0 Å². The maximum absolute atomic E-state index is 3.44. The van der Waals surface area contributed by atoms with Gasteiger partial charge in [0.1, 0.15) is 0 Å². The van der Waals surface area contributed by atoms with Gasteiger partial charge >= 0.3 is 0 Å². The van der Waals surface area contributed by atoms with E-state index in [0.29, 0.717) is 5.92 Å². The standard InChI is InChI=1S/C16H29N/c1-5-8-16(9-6-2)11-10-15(4)12-14-17-13-7-3/h5,8-11,15,17H,6-7,12-14H2,1-4H3/b8-5-,11-10-,16-9+. The van der Waals surface area contributed by atoms with Crippen molar-refractivity contribution in [2.75, 3.05) is 13.1 Å². The highest BCUT2D eigenvalue weighted by Crippen LogP contribution is 2.07. The van der Waals surface area contributed by atoms with Crippen molar-refractivity contribution < 1.29 is 0 Å². The highest BCUT2D eigenvalue weighted by Gasteiger charge is 1.96. The fraction of sp³-hybridized carbons (Fsp3) is 0.625. The van der Waals surface area contributed by atoms with Gasteiger partial charge in [0.2, 0.25) is 0 Å². The molecule has 1 atom stereocenters. The van der Waals surface area contributed by atoms with E-state index in [0.717, 1.165) is 19.5 Å². The molecule has 0 spiro atoms. The molecule has 0 aliphatic rings. The molecule has 0 radical (unpaired) electrons. The molecule has 0 rings (SSSR count). The van der Waals surface area contributed by atoms with Gasteiger partial charge in [-0.15, -0.1) is 0 Å². The van der Waals surface area contributed by atoms with Crippen LogP contribution in [-0.4, -0.2) is 13.1 Å². The van der Waals surface area contributed by atoms with E-state index in [4.69, 9.17) is 0 Å². The summed E-state index contributed by atoms with van der Waals surface area (Å²) in [4.78, 5) is 0. The van der Waals surface area contributed by atoms with Crippen molar-refractivity contribution in [2.45, 2.75) is 47.0 Å². The largest absolute Gasteiger partial charge is 0.317 e. The molecular weight excluding hydrogens is 206 g/mol. The zero-order chi connectivity index (χ0) is 12.9. The van der Waals surface area contributed by atoms with Gasteiger partial charge in [0, 0.05) is 0 Å². The van der Waals surface area contributed by atoms with E-state index >= 15 is 0 Å². The lowest BCUT2D eigenvalue weighted by Crippen LogP contribution is -2.17. The van der Waals surface area contributed by atoms with Gasteiger partial charge in [-0.1, -0.05) is 51.2 Å². The predicted octanol–water partition coefficient (Wildman–Crippen LogP) is 4.48. The summed E-state index contributed by atoms with van der Waals surface area (Å²) in [5.41, 5.74) is 1.32. The fourth-order valence-corrected chi connectivity index (χ4v) is 1.62. The summed E-state index contributed by atoms with van der Waals surface area (Å²) in [6.07, 6.45) is 14.6. The Balaban J connectivity index is 3.98. The summed E-state index contributed by atoms with van der Waals surface area (Å²) in [6, 6.07) is 0. The van der Waals surface area contributed by atoms with Crippen LogP contribution in [0.15, 0.2) is 36.0 Å². The first kappa shape index (κ1) is 16.2. The molecule has 98 valence electrons. The van der Waals surface area contributed by atoms with Crippen molar-refractivity contribution >= 4 is 0 Å². The Morgan fingerprint density at radius 3 is 2.53 bits per heavy atom. The summed E-state index contributed by atoms with van der Waals surface area (Å²) in [5.74, 6) is 0.643. The summed E-state index contributed by atoms with van der Waals surface area (Å²) in [6.45, 7) is 11.0. The minimum absolute atomic E-state index is 0.643. The highest BCUT2D eigenvalue weighted by atomic mass is 14.8. The predicted molar refractivity (Wildman–Crippen MR) is 79.3 cm³/mol. The first-order chi connectivity index (χ1) is 8.24. The van der Waals surface area contributed by atoms with Crippen molar-refractivity contribution in [1.82, 2.24) is 5.32 Å². The number of allylic oxidation sites excluding steroid dienone is 6. The molecule has 0 aliphatic carbocycles.